The molecule has 1 aromatic rings. The highest BCUT2D eigenvalue weighted by Gasteiger charge is 2.15. The van der Waals surface area contributed by atoms with E-state index in [1.807, 2.05) is 49.4 Å². The molecule has 0 saturated heterocycles. The molecule has 1 aliphatic carbocycles. The first-order valence-electron chi connectivity index (χ1n) is 6.97. The van der Waals surface area contributed by atoms with E-state index < -0.39 is 5.97 Å². The molecule has 0 atom stereocenters. The van der Waals surface area contributed by atoms with E-state index >= 15 is 0 Å². The minimum absolute atomic E-state index is 0.0147. The summed E-state index contributed by atoms with van der Waals surface area (Å²) >= 11 is 0. The molecule has 0 fully saturated rings. The van der Waals surface area contributed by atoms with Crippen LogP contribution in [-0.2, 0) is 11.2 Å². The van der Waals surface area contributed by atoms with Gasteiger partial charge < -0.3 is 5.11 Å². The summed E-state index contributed by atoms with van der Waals surface area (Å²) in [4.78, 5) is 23.3. The Morgan fingerprint density at radius 1 is 1.19 bits per heavy atom. The number of carbonyl (C=O) groups excluding carboxylic acids is 1. The summed E-state index contributed by atoms with van der Waals surface area (Å²) in [5, 5.41) is 8.79. The molecule has 1 aliphatic rings. The lowest BCUT2D eigenvalue weighted by Crippen LogP contribution is -2.08. The third kappa shape index (κ3) is 3.78. The maximum absolute atomic E-state index is 12.6. The molecular weight excluding hydrogens is 264 g/mol. The molecule has 3 nitrogen and oxygen atoms in total. The second kappa shape index (κ2) is 6.84. The average Bonchev–Trinajstić information content (AvgIpc) is 2.74. The highest BCUT2D eigenvalue weighted by atomic mass is 16.4. The van der Waals surface area contributed by atoms with Gasteiger partial charge in [0.25, 0.3) is 0 Å². The fourth-order valence-electron chi connectivity index (χ4n) is 2.36. The van der Waals surface area contributed by atoms with Crippen LogP contribution in [0.5, 0.6) is 0 Å². The van der Waals surface area contributed by atoms with Gasteiger partial charge in [0.2, 0.25) is 0 Å². The Bertz CT molecular complexity index is 648. The average molecular weight is 282 g/mol. The van der Waals surface area contributed by atoms with E-state index in [1.54, 1.807) is 6.07 Å². The highest BCUT2D eigenvalue weighted by molar-refractivity contribution is 6.10. The number of aryl methyl sites for hydroxylation is 1. The third-order valence-corrected chi connectivity index (χ3v) is 3.58. The van der Waals surface area contributed by atoms with E-state index in [2.05, 4.69) is 0 Å². The summed E-state index contributed by atoms with van der Waals surface area (Å²) in [6.07, 6.45) is 10.6. The molecule has 0 aliphatic heterocycles. The molecule has 0 unspecified atom stereocenters. The zero-order valence-electron chi connectivity index (χ0n) is 12.0. The van der Waals surface area contributed by atoms with Crippen molar-refractivity contribution in [2.45, 2.75) is 26.2 Å². The van der Waals surface area contributed by atoms with Gasteiger partial charge in [-0.05, 0) is 30.9 Å². The van der Waals surface area contributed by atoms with Crippen molar-refractivity contribution in [1.29, 1.82) is 0 Å². The summed E-state index contributed by atoms with van der Waals surface area (Å²) in [5.41, 5.74) is 3.21. The van der Waals surface area contributed by atoms with E-state index in [0.29, 0.717) is 18.4 Å². The Morgan fingerprint density at radius 3 is 2.76 bits per heavy atom. The molecule has 0 amide bonds. The number of allylic oxidation sites excluding steroid dienone is 6. The molecule has 0 bridgehead atoms. The molecule has 0 spiro atoms. The van der Waals surface area contributed by atoms with Crippen LogP contribution in [0.4, 0.5) is 0 Å². The van der Waals surface area contributed by atoms with Crippen LogP contribution in [0.15, 0.2) is 54.2 Å². The van der Waals surface area contributed by atoms with Gasteiger partial charge in [-0.25, -0.2) is 0 Å². The number of aliphatic carboxylic acids is 1. The molecule has 108 valence electrons. The number of ketones is 1. The van der Waals surface area contributed by atoms with Gasteiger partial charge in [-0.15, -0.1) is 0 Å². The van der Waals surface area contributed by atoms with Gasteiger partial charge in [0, 0.05) is 17.6 Å². The number of carboxylic acid groups (broad SMARTS) is 1. The second-order valence-corrected chi connectivity index (χ2v) is 5.02. The van der Waals surface area contributed by atoms with E-state index in [4.69, 9.17) is 5.11 Å². The second-order valence-electron chi connectivity index (χ2n) is 5.02. The topological polar surface area (TPSA) is 54.4 Å². The van der Waals surface area contributed by atoms with E-state index in [0.717, 1.165) is 16.7 Å². The van der Waals surface area contributed by atoms with E-state index in [1.165, 1.54) is 0 Å². The van der Waals surface area contributed by atoms with Crippen LogP contribution in [0.2, 0.25) is 0 Å². The number of hydrogen-bond acceptors (Lipinski definition) is 2. The molecular formula is C18H18O3. The van der Waals surface area contributed by atoms with Gasteiger partial charge in [0.1, 0.15) is 0 Å². The standard InChI is InChI=1S/C18H18O3/c1-13-14(11-12-17(19)20)9-6-10-16(13)18(21)15-7-4-2-3-5-8-15/h2-7,9-10H,8,11-12H2,1H3,(H,19,20). The maximum Gasteiger partial charge on any atom is 0.303 e. The first-order chi connectivity index (χ1) is 10.1. The van der Waals surface area contributed by atoms with Crippen molar-refractivity contribution >= 4 is 11.8 Å². The number of benzene rings is 1. The number of carbonyl (C=O) groups is 2. The Hall–Kier alpha value is -2.42. The van der Waals surface area contributed by atoms with Crippen molar-refractivity contribution in [3.8, 4) is 0 Å². The first kappa shape index (κ1) is 15.0. The van der Waals surface area contributed by atoms with Gasteiger partial charge in [-0.3, -0.25) is 9.59 Å². The van der Waals surface area contributed by atoms with Gasteiger partial charge in [-0.2, -0.15) is 0 Å². The predicted octanol–water partition coefficient (Wildman–Crippen LogP) is 3.64. The van der Waals surface area contributed by atoms with Crippen molar-refractivity contribution in [2.24, 2.45) is 0 Å². The fourth-order valence-corrected chi connectivity index (χ4v) is 2.36. The van der Waals surface area contributed by atoms with Crippen molar-refractivity contribution in [3.63, 3.8) is 0 Å². The summed E-state index contributed by atoms with van der Waals surface area (Å²) in [6.45, 7) is 1.88. The predicted molar refractivity (Wildman–Crippen MR) is 82.4 cm³/mol. The fraction of sp³-hybridized carbons (Fsp3) is 0.222. The molecule has 0 aromatic heterocycles. The third-order valence-electron chi connectivity index (χ3n) is 3.58. The number of Topliss-reactive ketones (excluding diaryl/α,β-unsaturated/α-hetero) is 1. The van der Waals surface area contributed by atoms with Gasteiger partial charge in [-0.1, -0.05) is 48.6 Å². The van der Waals surface area contributed by atoms with Crippen LogP contribution in [0, 0.1) is 6.92 Å². The van der Waals surface area contributed by atoms with Crippen molar-refractivity contribution in [1.82, 2.24) is 0 Å². The van der Waals surface area contributed by atoms with Crippen molar-refractivity contribution < 1.29 is 14.7 Å². The van der Waals surface area contributed by atoms with Gasteiger partial charge in [0.15, 0.2) is 5.78 Å². The minimum Gasteiger partial charge on any atom is -0.481 e. The number of carboxylic acids is 1. The highest BCUT2D eigenvalue weighted by Crippen LogP contribution is 2.21. The Morgan fingerprint density at radius 2 is 2.00 bits per heavy atom. The van der Waals surface area contributed by atoms with Crippen LogP contribution < -0.4 is 0 Å². The van der Waals surface area contributed by atoms with Crippen molar-refractivity contribution in [3.05, 3.63) is 70.8 Å². The lowest BCUT2D eigenvalue weighted by atomic mass is 9.92. The quantitative estimate of drug-likeness (QED) is 0.839. The first-order valence-corrected chi connectivity index (χ1v) is 6.97. The number of hydrogen-bond donors (Lipinski definition) is 1. The van der Waals surface area contributed by atoms with E-state index in [9.17, 15) is 9.59 Å². The van der Waals surface area contributed by atoms with Crippen LogP contribution >= 0.6 is 0 Å². The molecule has 1 N–H and O–H groups in total. The van der Waals surface area contributed by atoms with E-state index in [-0.39, 0.29) is 12.2 Å². The molecule has 3 heteroatoms. The SMILES string of the molecule is Cc1c(CCC(=O)O)cccc1C(=O)C1=CC=CC=CC1. The largest absolute Gasteiger partial charge is 0.481 e. The van der Waals surface area contributed by atoms with Gasteiger partial charge >= 0.3 is 5.97 Å². The Labute approximate surface area is 124 Å². The molecule has 0 heterocycles. The Balaban J connectivity index is 2.27. The monoisotopic (exact) mass is 282 g/mol. The minimum atomic E-state index is -0.826. The molecule has 0 radical (unpaired) electrons. The maximum atomic E-state index is 12.6. The smallest absolute Gasteiger partial charge is 0.303 e. The van der Waals surface area contributed by atoms with Crippen LogP contribution in [0.3, 0.4) is 0 Å². The lowest BCUT2D eigenvalue weighted by Gasteiger charge is -2.11. The summed E-state index contributed by atoms with van der Waals surface area (Å²) in [6, 6.07) is 5.51. The van der Waals surface area contributed by atoms with Gasteiger partial charge in [0.05, 0.1) is 0 Å². The molecule has 0 saturated carbocycles. The van der Waals surface area contributed by atoms with Crippen LogP contribution in [0.1, 0.15) is 34.3 Å². The normalized spacial score (nSPS) is 13.7. The number of rotatable bonds is 5. The summed E-state index contributed by atoms with van der Waals surface area (Å²) in [5.74, 6) is -0.811. The summed E-state index contributed by atoms with van der Waals surface area (Å²) in [7, 11) is 0. The van der Waals surface area contributed by atoms with Crippen LogP contribution in [-0.4, -0.2) is 16.9 Å². The zero-order valence-corrected chi connectivity index (χ0v) is 12.0. The lowest BCUT2D eigenvalue weighted by molar-refractivity contribution is -0.136. The van der Waals surface area contributed by atoms with Crippen molar-refractivity contribution in [2.75, 3.05) is 0 Å². The molecule has 1 aromatic carbocycles. The molecule has 2 rings (SSSR count). The summed E-state index contributed by atoms with van der Waals surface area (Å²) < 4.78 is 0. The zero-order chi connectivity index (χ0) is 15.2. The molecule has 21 heavy (non-hydrogen) atoms. The van der Waals surface area contributed by atoms with Crippen LogP contribution in [0.25, 0.3) is 0 Å². The Kier molecular flexibility index (Phi) is 4.88.